The zero-order chi connectivity index (χ0) is 9.52. The van der Waals surface area contributed by atoms with Gasteiger partial charge in [0.05, 0.1) is 0 Å². The van der Waals surface area contributed by atoms with Crippen LogP contribution in [0.4, 0.5) is 0 Å². The lowest BCUT2D eigenvalue weighted by Gasteiger charge is -2.31. The molecule has 0 amide bonds. The van der Waals surface area contributed by atoms with Crippen molar-refractivity contribution in [3.63, 3.8) is 0 Å². The topological polar surface area (TPSA) is 12.0 Å². The summed E-state index contributed by atoms with van der Waals surface area (Å²) < 4.78 is 0. The summed E-state index contributed by atoms with van der Waals surface area (Å²) in [4.78, 5) is 0. The van der Waals surface area contributed by atoms with E-state index < -0.39 is 0 Å². The largest absolute Gasteiger partial charge is 0.313 e. The van der Waals surface area contributed by atoms with Crippen LogP contribution < -0.4 is 5.32 Å². The molecule has 1 aliphatic rings. The first-order valence-corrected chi connectivity index (χ1v) is 7.00. The Morgan fingerprint density at radius 3 is 2.77 bits per heavy atom. The fourth-order valence-corrected chi connectivity index (χ4v) is 2.63. The first kappa shape index (κ1) is 11.4. The minimum Gasteiger partial charge on any atom is -0.313 e. The number of nitrogens with one attached hydrogen (secondary N) is 1. The molecule has 0 spiro atoms. The number of thioether (sulfide) groups is 1. The van der Waals surface area contributed by atoms with E-state index in [4.69, 9.17) is 0 Å². The Morgan fingerprint density at radius 1 is 1.31 bits per heavy atom. The fraction of sp³-hybridized carbons (Fsp3) is 1.00. The van der Waals surface area contributed by atoms with Crippen LogP contribution in [-0.4, -0.2) is 24.6 Å². The summed E-state index contributed by atoms with van der Waals surface area (Å²) in [6.45, 7) is 3.53. The third-order valence-corrected chi connectivity index (χ3v) is 3.76. The molecule has 0 bridgehead atoms. The molecule has 2 unspecified atom stereocenters. The van der Waals surface area contributed by atoms with E-state index in [9.17, 15) is 0 Å². The average Bonchev–Trinajstić information content (AvgIpc) is 2.19. The molecule has 0 heterocycles. The molecule has 13 heavy (non-hydrogen) atoms. The second-order valence-corrected chi connectivity index (χ2v) is 4.99. The van der Waals surface area contributed by atoms with Crippen LogP contribution in [0.2, 0.25) is 0 Å². The molecule has 0 aromatic heterocycles. The van der Waals surface area contributed by atoms with Crippen molar-refractivity contribution in [3.05, 3.63) is 0 Å². The Kier molecular flexibility index (Phi) is 5.88. The van der Waals surface area contributed by atoms with Gasteiger partial charge >= 0.3 is 0 Å². The van der Waals surface area contributed by atoms with E-state index in [0.717, 1.165) is 12.0 Å². The highest BCUT2D eigenvalue weighted by atomic mass is 32.2. The van der Waals surface area contributed by atoms with E-state index in [1.54, 1.807) is 0 Å². The fourth-order valence-electron chi connectivity index (χ4n) is 2.31. The van der Waals surface area contributed by atoms with Gasteiger partial charge in [-0.05, 0) is 25.0 Å². The van der Waals surface area contributed by atoms with E-state index >= 15 is 0 Å². The van der Waals surface area contributed by atoms with Gasteiger partial charge in [-0.3, -0.25) is 0 Å². The zero-order valence-electron chi connectivity index (χ0n) is 9.01. The van der Waals surface area contributed by atoms with Gasteiger partial charge in [-0.25, -0.2) is 0 Å². The molecule has 2 heteroatoms. The van der Waals surface area contributed by atoms with Crippen molar-refractivity contribution in [1.82, 2.24) is 5.32 Å². The van der Waals surface area contributed by atoms with Gasteiger partial charge in [-0.15, -0.1) is 0 Å². The van der Waals surface area contributed by atoms with E-state index in [1.807, 2.05) is 11.8 Å². The molecule has 1 N–H and O–H groups in total. The van der Waals surface area contributed by atoms with E-state index in [-0.39, 0.29) is 0 Å². The van der Waals surface area contributed by atoms with Gasteiger partial charge in [0.1, 0.15) is 0 Å². The first-order chi connectivity index (χ1) is 6.38. The zero-order valence-corrected chi connectivity index (χ0v) is 9.83. The normalized spacial score (nSPS) is 29.1. The van der Waals surface area contributed by atoms with Crippen molar-refractivity contribution >= 4 is 11.8 Å². The summed E-state index contributed by atoms with van der Waals surface area (Å²) in [5.74, 6) is 2.21. The van der Waals surface area contributed by atoms with Gasteiger partial charge in [0.25, 0.3) is 0 Å². The molecule has 1 saturated carbocycles. The van der Waals surface area contributed by atoms with Crippen LogP contribution in [0.15, 0.2) is 0 Å². The molecule has 78 valence electrons. The Hall–Kier alpha value is 0.310. The van der Waals surface area contributed by atoms with Crippen molar-refractivity contribution < 1.29 is 0 Å². The maximum atomic E-state index is 3.70. The third-order valence-electron chi connectivity index (χ3n) is 3.15. The van der Waals surface area contributed by atoms with Gasteiger partial charge < -0.3 is 5.32 Å². The monoisotopic (exact) mass is 201 g/mol. The maximum Gasteiger partial charge on any atom is 0.00955 e. The van der Waals surface area contributed by atoms with Crippen molar-refractivity contribution in [2.75, 3.05) is 18.6 Å². The van der Waals surface area contributed by atoms with Crippen LogP contribution in [0.3, 0.4) is 0 Å². The van der Waals surface area contributed by atoms with Gasteiger partial charge in [0, 0.05) is 18.3 Å². The summed E-state index contributed by atoms with van der Waals surface area (Å²) in [5.41, 5.74) is 0. The highest BCUT2D eigenvalue weighted by molar-refractivity contribution is 7.98. The smallest absolute Gasteiger partial charge is 0.00955 e. The summed E-state index contributed by atoms with van der Waals surface area (Å²) in [7, 11) is 0. The molecule has 1 nitrogen and oxygen atoms in total. The Balaban J connectivity index is 2.19. The predicted molar refractivity (Wildman–Crippen MR) is 62.4 cm³/mol. The van der Waals surface area contributed by atoms with Crippen molar-refractivity contribution in [2.45, 2.75) is 45.1 Å². The maximum absolute atomic E-state index is 3.70. The number of hydrogen-bond acceptors (Lipinski definition) is 2. The van der Waals surface area contributed by atoms with Crippen LogP contribution in [0, 0.1) is 5.92 Å². The minimum atomic E-state index is 0.825. The van der Waals surface area contributed by atoms with Crippen LogP contribution in [0.25, 0.3) is 0 Å². The van der Waals surface area contributed by atoms with E-state index in [2.05, 4.69) is 18.5 Å². The molecule has 0 aromatic carbocycles. The molecule has 0 aliphatic heterocycles. The van der Waals surface area contributed by atoms with Gasteiger partial charge in [0.2, 0.25) is 0 Å². The van der Waals surface area contributed by atoms with Gasteiger partial charge in [0.15, 0.2) is 0 Å². The predicted octanol–water partition coefficient (Wildman–Crippen LogP) is 2.91. The van der Waals surface area contributed by atoms with Crippen molar-refractivity contribution in [3.8, 4) is 0 Å². The van der Waals surface area contributed by atoms with Crippen LogP contribution in [0.5, 0.6) is 0 Å². The number of hydrogen-bond donors (Lipinski definition) is 1. The first-order valence-electron chi connectivity index (χ1n) is 5.60. The molecule has 1 fully saturated rings. The second-order valence-electron chi connectivity index (χ2n) is 4.01. The molecule has 0 aromatic rings. The lowest BCUT2D eigenvalue weighted by molar-refractivity contribution is 0.260. The molecule has 1 aliphatic carbocycles. The lowest BCUT2D eigenvalue weighted by Crippen LogP contribution is -2.39. The van der Waals surface area contributed by atoms with E-state index in [1.165, 1.54) is 44.4 Å². The highest BCUT2D eigenvalue weighted by Crippen LogP contribution is 2.26. The Morgan fingerprint density at radius 2 is 2.08 bits per heavy atom. The van der Waals surface area contributed by atoms with Crippen molar-refractivity contribution in [2.24, 2.45) is 5.92 Å². The van der Waals surface area contributed by atoms with Crippen molar-refractivity contribution in [1.29, 1.82) is 0 Å². The molecular weight excluding hydrogens is 178 g/mol. The average molecular weight is 201 g/mol. The summed E-state index contributed by atoms with van der Waals surface area (Å²) >= 11 is 1.94. The van der Waals surface area contributed by atoms with E-state index in [0.29, 0.717) is 0 Å². The molecule has 0 saturated heterocycles. The van der Waals surface area contributed by atoms with Crippen LogP contribution >= 0.6 is 11.8 Å². The summed E-state index contributed by atoms with van der Waals surface area (Å²) in [6.07, 6.45) is 9.30. The molecule has 1 rings (SSSR count). The van der Waals surface area contributed by atoms with Gasteiger partial charge in [-0.1, -0.05) is 26.2 Å². The summed E-state index contributed by atoms with van der Waals surface area (Å²) in [5, 5.41) is 3.70. The SMILES string of the molecule is CCC1CCCCC1NCCSC. The molecule has 2 atom stereocenters. The molecule has 0 radical (unpaired) electrons. The lowest BCUT2D eigenvalue weighted by atomic mass is 9.83. The summed E-state index contributed by atoms with van der Waals surface area (Å²) in [6, 6.07) is 0.825. The van der Waals surface area contributed by atoms with Gasteiger partial charge in [-0.2, -0.15) is 11.8 Å². The molecular formula is C11H23NS. The van der Waals surface area contributed by atoms with Crippen LogP contribution in [-0.2, 0) is 0 Å². The number of rotatable bonds is 5. The minimum absolute atomic E-state index is 0.825. The quantitative estimate of drug-likeness (QED) is 0.686. The Bertz CT molecular complexity index is 127. The second kappa shape index (κ2) is 6.72. The standard InChI is InChI=1S/C11H23NS/c1-3-10-6-4-5-7-11(10)12-8-9-13-2/h10-12H,3-9H2,1-2H3. The highest BCUT2D eigenvalue weighted by Gasteiger charge is 2.22. The Labute approximate surface area is 87.1 Å². The van der Waals surface area contributed by atoms with Crippen LogP contribution in [0.1, 0.15) is 39.0 Å². The third kappa shape index (κ3) is 3.90.